The zero-order chi connectivity index (χ0) is 28.2. The molecule has 13 heteroatoms. The van der Waals surface area contributed by atoms with Crippen LogP contribution in [-0.2, 0) is 11.2 Å². The number of nitrogens with one attached hydrogen (secondary N) is 1. The Hall–Kier alpha value is -4.13. The number of rotatable bonds is 9. The number of aliphatic hydroxyl groups is 1. The number of amides is 1. The summed E-state index contributed by atoms with van der Waals surface area (Å²) in [4.78, 5) is 29.7. The summed E-state index contributed by atoms with van der Waals surface area (Å²) in [6.45, 7) is 1.52. The number of ether oxygens (including phenoxy) is 3. The first kappa shape index (κ1) is 27.4. The number of carbonyl (C=O) groups excluding carboxylic acids is 1. The highest BCUT2D eigenvalue weighted by atomic mass is 35.5. The van der Waals surface area contributed by atoms with Crippen molar-refractivity contribution in [1.29, 1.82) is 0 Å². The Morgan fingerprint density at radius 1 is 1.15 bits per heavy atom. The van der Waals surface area contributed by atoms with Crippen molar-refractivity contribution in [2.45, 2.75) is 19.4 Å². The van der Waals surface area contributed by atoms with Gasteiger partial charge in [-0.25, -0.2) is 24.1 Å². The molecule has 40 heavy (non-hydrogen) atoms. The van der Waals surface area contributed by atoms with Crippen LogP contribution in [0.3, 0.4) is 0 Å². The topological polar surface area (TPSA) is 129 Å². The van der Waals surface area contributed by atoms with Gasteiger partial charge in [-0.15, -0.1) is 11.3 Å². The molecule has 0 unspecified atom stereocenters. The number of carbonyl (C=O) groups is 1. The van der Waals surface area contributed by atoms with E-state index < -0.39 is 18.0 Å². The van der Waals surface area contributed by atoms with Gasteiger partial charge in [0.05, 0.1) is 46.4 Å². The maximum absolute atomic E-state index is 14.9. The van der Waals surface area contributed by atoms with E-state index >= 15 is 0 Å². The molecule has 0 aliphatic carbocycles. The van der Waals surface area contributed by atoms with Gasteiger partial charge >= 0.3 is 6.09 Å². The zero-order valence-electron chi connectivity index (χ0n) is 21.4. The number of aromatic nitrogens is 4. The molecular weight excluding hydrogens is 561 g/mol. The monoisotopic (exact) mass is 583 g/mol. The van der Waals surface area contributed by atoms with Gasteiger partial charge in [0.25, 0.3) is 0 Å². The Kier molecular flexibility index (Phi) is 8.19. The van der Waals surface area contributed by atoms with Crippen LogP contribution in [0.2, 0.25) is 5.02 Å². The number of benzene rings is 2. The van der Waals surface area contributed by atoms with Crippen molar-refractivity contribution in [3.63, 3.8) is 0 Å². The molecule has 0 aliphatic heterocycles. The van der Waals surface area contributed by atoms with E-state index in [1.54, 1.807) is 37.3 Å². The third kappa shape index (κ3) is 6.19. The Morgan fingerprint density at radius 2 is 2.00 bits per heavy atom. The average Bonchev–Trinajstić information content (AvgIpc) is 3.35. The van der Waals surface area contributed by atoms with Gasteiger partial charge in [-0.1, -0.05) is 11.6 Å². The minimum Gasteiger partial charge on any atom is -0.484 e. The highest BCUT2D eigenvalue weighted by Gasteiger charge is 2.18. The number of hydrogen-bond donors (Lipinski definition) is 2. The van der Waals surface area contributed by atoms with Gasteiger partial charge in [0.2, 0.25) is 5.88 Å². The Balaban J connectivity index is 1.28. The number of pyridine rings is 1. The summed E-state index contributed by atoms with van der Waals surface area (Å²) in [7, 11) is 1.50. The smallest absolute Gasteiger partial charge is 0.411 e. The van der Waals surface area contributed by atoms with Gasteiger partial charge in [0.15, 0.2) is 11.6 Å². The Labute approximate surface area is 236 Å². The standard InChI is InChI=1S/C27H23ClFN5O5S/c1-14(13-38-27(36)32-17-4-3-16(5-6-35)30-11-17)39-22-10-23-20(9-19(22)29)34-26(40-23)18-7-15(28)8-21-25(18)31-12-24(33-21)37-2/h3-4,7-12,14,35H,5-6,13H2,1-2H3,(H,32,36)/t14-/m0/s1. The summed E-state index contributed by atoms with van der Waals surface area (Å²) >= 11 is 7.65. The van der Waals surface area contributed by atoms with Gasteiger partial charge in [-0.3, -0.25) is 10.3 Å². The lowest BCUT2D eigenvalue weighted by molar-refractivity contribution is 0.0969. The minimum atomic E-state index is -0.704. The number of methoxy groups -OCH3 is 1. The normalized spacial score (nSPS) is 11.9. The van der Waals surface area contributed by atoms with Crippen molar-refractivity contribution in [2.75, 3.05) is 25.6 Å². The van der Waals surface area contributed by atoms with Crippen molar-refractivity contribution in [3.8, 4) is 22.2 Å². The third-order valence-corrected chi connectivity index (χ3v) is 6.96. The lowest BCUT2D eigenvalue weighted by Crippen LogP contribution is -2.24. The molecule has 5 aromatic rings. The van der Waals surface area contributed by atoms with Gasteiger partial charge in [0.1, 0.15) is 17.7 Å². The molecule has 1 amide bonds. The first-order valence-corrected chi connectivity index (χ1v) is 13.3. The first-order chi connectivity index (χ1) is 19.3. The molecule has 0 radical (unpaired) electrons. The second kappa shape index (κ2) is 11.9. The Morgan fingerprint density at radius 3 is 2.75 bits per heavy atom. The molecule has 0 saturated carbocycles. The number of thiazole rings is 1. The number of anilines is 1. The minimum absolute atomic E-state index is 0.00311. The molecule has 0 spiro atoms. The van der Waals surface area contributed by atoms with E-state index in [0.29, 0.717) is 60.5 Å². The second-order valence-corrected chi connectivity index (χ2v) is 10.1. The highest BCUT2D eigenvalue weighted by Crippen LogP contribution is 2.37. The summed E-state index contributed by atoms with van der Waals surface area (Å²) in [6.07, 6.45) is 2.05. The van der Waals surface area contributed by atoms with Crippen LogP contribution in [0.5, 0.6) is 11.6 Å². The molecule has 10 nitrogen and oxygen atoms in total. The van der Waals surface area contributed by atoms with Crippen LogP contribution in [0.25, 0.3) is 31.8 Å². The van der Waals surface area contributed by atoms with Gasteiger partial charge in [-0.05, 0) is 31.2 Å². The number of fused-ring (bicyclic) bond motifs is 2. The van der Waals surface area contributed by atoms with Crippen LogP contribution in [0, 0.1) is 5.82 Å². The number of nitrogens with zero attached hydrogens (tertiary/aromatic N) is 4. The molecule has 3 aromatic heterocycles. The van der Waals surface area contributed by atoms with Crippen molar-refractivity contribution in [2.24, 2.45) is 0 Å². The van der Waals surface area contributed by atoms with E-state index in [1.807, 2.05) is 0 Å². The molecule has 0 fully saturated rings. The van der Waals surface area contributed by atoms with Crippen LogP contribution in [0.1, 0.15) is 12.6 Å². The highest BCUT2D eigenvalue weighted by molar-refractivity contribution is 7.21. The van der Waals surface area contributed by atoms with Crippen LogP contribution < -0.4 is 14.8 Å². The van der Waals surface area contributed by atoms with E-state index in [2.05, 4.69) is 25.3 Å². The van der Waals surface area contributed by atoms with Crippen LogP contribution in [-0.4, -0.2) is 57.6 Å². The maximum atomic E-state index is 14.9. The van der Waals surface area contributed by atoms with E-state index in [9.17, 15) is 9.18 Å². The van der Waals surface area contributed by atoms with E-state index in [-0.39, 0.29) is 19.0 Å². The van der Waals surface area contributed by atoms with Gasteiger partial charge in [-0.2, -0.15) is 0 Å². The summed E-state index contributed by atoms with van der Waals surface area (Å²) in [6, 6.07) is 9.62. The second-order valence-electron chi connectivity index (χ2n) is 8.67. The fraction of sp³-hybridized carbons (Fsp3) is 0.222. The lowest BCUT2D eigenvalue weighted by Gasteiger charge is -2.15. The van der Waals surface area contributed by atoms with Gasteiger partial charge < -0.3 is 19.3 Å². The lowest BCUT2D eigenvalue weighted by atomic mass is 10.2. The quantitative estimate of drug-likeness (QED) is 0.226. The van der Waals surface area contributed by atoms with Crippen molar-refractivity contribution in [1.82, 2.24) is 19.9 Å². The predicted octanol–water partition coefficient (Wildman–Crippen LogP) is 5.65. The van der Waals surface area contributed by atoms with Crippen molar-refractivity contribution < 1.29 is 28.5 Å². The average molecular weight is 584 g/mol. The fourth-order valence-corrected chi connectivity index (χ4v) is 5.03. The summed E-state index contributed by atoms with van der Waals surface area (Å²) in [5.41, 5.74) is 3.38. The van der Waals surface area contributed by atoms with E-state index in [4.69, 9.17) is 30.9 Å². The maximum Gasteiger partial charge on any atom is 0.411 e. The number of aliphatic hydroxyl groups excluding tert-OH is 1. The zero-order valence-corrected chi connectivity index (χ0v) is 22.9. The SMILES string of the molecule is COc1cnc2c(-c3nc4cc(F)c(O[C@@H](C)COC(=O)Nc5ccc(CCO)nc5)cc4s3)cc(Cl)cc2n1. The summed E-state index contributed by atoms with van der Waals surface area (Å²) in [5, 5.41) is 12.6. The first-order valence-electron chi connectivity index (χ1n) is 12.1. The third-order valence-electron chi connectivity index (χ3n) is 5.69. The van der Waals surface area contributed by atoms with Crippen LogP contribution in [0.15, 0.2) is 48.8 Å². The molecule has 1 atom stereocenters. The molecule has 0 bridgehead atoms. The van der Waals surface area contributed by atoms with E-state index in [1.165, 1.54) is 36.9 Å². The summed E-state index contributed by atoms with van der Waals surface area (Å²) in [5.74, 6) is -0.243. The van der Waals surface area contributed by atoms with Gasteiger partial charge in [0, 0.05) is 41.4 Å². The largest absolute Gasteiger partial charge is 0.484 e. The fourth-order valence-electron chi connectivity index (χ4n) is 3.83. The van der Waals surface area contributed by atoms with Crippen molar-refractivity contribution in [3.05, 3.63) is 65.3 Å². The molecular formula is C27H23ClFN5O5S. The molecule has 2 aromatic carbocycles. The molecule has 206 valence electrons. The molecule has 0 aliphatic rings. The number of hydrogen-bond acceptors (Lipinski definition) is 10. The molecule has 0 saturated heterocycles. The molecule has 5 rings (SSSR count). The molecule has 3 heterocycles. The predicted molar refractivity (Wildman–Crippen MR) is 150 cm³/mol. The Bertz CT molecular complexity index is 1680. The van der Waals surface area contributed by atoms with E-state index in [0.717, 1.165) is 0 Å². The number of halogens is 2. The van der Waals surface area contributed by atoms with Crippen LogP contribution in [0.4, 0.5) is 14.9 Å². The summed E-state index contributed by atoms with van der Waals surface area (Å²) < 4.78 is 31.7. The van der Waals surface area contributed by atoms with Crippen LogP contribution >= 0.6 is 22.9 Å². The van der Waals surface area contributed by atoms with Crippen molar-refractivity contribution >= 4 is 56.0 Å². The molecule has 2 N–H and O–H groups in total.